The van der Waals surface area contributed by atoms with Gasteiger partial charge < -0.3 is 4.90 Å². The van der Waals surface area contributed by atoms with E-state index in [4.69, 9.17) is 0 Å². The van der Waals surface area contributed by atoms with Crippen LogP contribution in [-0.2, 0) is 6.42 Å². The van der Waals surface area contributed by atoms with Crippen molar-refractivity contribution in [3.8, 4) is 0 Å². The van der Waals surface area contributed by atoms with Crippen molar-refractivity contribution in [2.45, 2.75) is 45.2 Å². The molecule has 0 saturated heterocycles. The highest BCUT2D eigenvalue weighted by atomic mass is 19.3. The third-order valence-electron chi connectivity index (χ3n) is 4.92. The molecular weight excluding hydrogens is 377 g/mol. The molecule has 1 aromatic rings. The van der Waals surface area contributed by atoms with E-state index in [1.54, 1.807) is 36.2 Å². The molecule has 28 heavy (non-hydrogen) atoms. The Labute approximate surface area is 161 Å². The molecule has 1 aliphatic rings. The predicted octanol–water partition coefficient (Wildman–Crippen LogP) is 5.10. The van der Waals surface area contributed by atoms with Gasteiger partial charge in [0.2, 0.25) is 0 Å². The van der Waals surface area contributed by atoms with Gasteiger partial charge in [-0.25, -0.2) is 22.0 Å². The largest absolute Gasteiger partial charge is 0.352 e. The van der Waals surface area contributed by atoms with E-state index in [2.05, 4.69) is 11.8 Å². The highest BCUT2D eigenvalue weighted by molar-refractivity contribution is 5.37. The minimum absolute atomic E-state index is 0.116. The first-order chi connectivity index (χ1) is 13.1. The number of rotatable bonds is 8. The molecule has 154 valence electrons. The molecule has 3 nitrogen and oxygen atoms in total. The smallest absolute Gasteiger partial charge is 0.275 e. The van der Waals surface area contributed by atoms with Gasteiger partial charge in [0.05, 0.1) is 0 Å². The Bertz CT molecular complexity index is 765. The Morgan fingerprint density at radius 2 is 1.82 bits per heavy atom. The lowest BCUT2D eigenvalue weighted by Gasteiger charge is -2.39. The summed E-state index contributed by atoms with van der Waals surface area (Å²) < 4.78 is 71.2. The zero-order chi connectivity index (χ0) is 21.1. The van der Waals surface area contributed by atoms with Gasteiger partial charge in [0.1, 0.15) is 23.6 Å². The van der Waals surface area contributed by atoms with Crippen LogP contribution in [-0.4, -0.2) is 42.3 Å². The van der Waals surface area contributed by atoms with E-state index in [9.17, 15) is 13.2 Å². The molecule has 0 aromatic heterocycles. The quantitative estimate of drug-likeness (QED) is 0.343. The van der Waals surface area contributed by atoms with Crippen LogP contribution in [0.15, 0.2) is 40.7 Å². The maximum absolute atomic E-state index is 15.1. The fraction of sp³-hybridized carbons (Fsp3) is 0.450. The van der Waals surface area contributed by atoms with E-state index in [0.717, 1.165) is 0 Å². The third kappa shape index (κ3) is 4.54. The summed E-state index contributed by atoms with van der Waals surface area (Å²) in [6.45, 7) is 6.97. The molecule has 1 aromatic carbocycles. The number of allylic oxidation sites excluding steroid dienone is 2. The van der Waals surface area contributed by atoms with E-state index >= 15 is 8.78 Å². The first-order valence-corrected chi connectivity index (χ1v) is 9.01. The first-order valence-electron chi connectivity index (χ1n) is 9.01. The highest BCUT2D eigenvalue weighted by Crippen LogP contribution is 2.36. The molecule has 1 unspecified atom stereocenters. The van der Waals surface area contributed by atoms with Crippen LogP contribution in [0.25, 0.3) is 0 Å². The lowest BCUT2D eigenvalue weighted by Crippen LogP contribution is -2.45. The van der Waals surface area contributed by atoms with Crippen molar-refractivity contribution in [1.29, 1.82) is 0 Å². The molecular formula is C20H24F5N3. The van der Waals surface area contributed by atoms with Crippen molar-refractivity contribution >= 4 is 6.72 Å². The van der Waals surface area contributed by atoms with Gasteiger partial charge in [-0.15, -0.1) is 0 Å². The Kier molecular flexibility index (Phi) is 6.85. The summed E-state index contributed by atoms with van der Waals surface area (Å²) in [5.74, 6) is -7.29. The van der Waals surface area contributed by atoms with Gasteiger partial charge in [-0.1, -0.05) is 13.8 Å². The van der Waals surface area contributed by atoms with Crippen LogP contribution in [0.4, 0.5) is 22.0 Å². The van der Waals surface area contributed by atoms with E-state index in [1.807, 2.05) is 6.92 Å². The number of alkyl halides is 2. The van der Waals surface area contributed by atoms with E-state index in [0.29, 0.717) is 30.5 Å². The van der Waals surface area contributed by atoms with Crippen molar-refractivity contribution in [3.05, 3.63) is 58.6 Å². The van der Waals surface area contributed by atoms with Gasteiger partial charge in [0.25, 0.3) is 5.92 Å². The van der Waals surface area contributed by atoms with Gasteiger partial charge >= 0.3 is 0 Å². The Hall–Kier alpha value is -2.38. The van der Waals surface area contributed by atoms with Crippen molar-refractivity contribution in [1.82, 2.24) is 9.91 Å². The van der Waals surface area contributed by atoms with Crippen LogP contribution in [0, 0.1) is 17.5 Å². The van der Waals surface area contributed by atoms with E-state index in [1.165, 1.54) is 0 Å². The number of benzene rings is 1. The number of hydrogen-bond donors (Lipinski definition) is 0. The van der Waals surface area contributed by atoms with E-state index < -0.39 is 35.4 Å². The van der Waals surface area contributed by atoms with Crippen LogP contribution in [0.5, 0.6) is 0 Å². The van der Waals surface area contributed by atoms with Gasteiger partial charge in [-0.2, -0.15) is 5.10 Å². The molecule has 1 aliphatic heterocycles. The summed E-state index contributed by atoms with van der Waals surface area (Å²) >= 11 is 0. The van der Waals surface area contributed by atoms with Gasteiger partial charge in [-0.3, -0.25) is 5.01 Å². The maximum Gasteiger partial charge on any atom is 0.275 e. The molecule has 0 N–H and O–H groups in total. The van der Waals surface area contributed by atoms with Crippen LogP contribution in [0.3, 0.4) is 0 Å². The Morgan fingerprint density at radius 1 is 1.21 bits per heavy atom. The molecule has 0 saturated carbocycles. The molecule has 0 aliphatic carbocycles. The summed E-state index contributed by atoms with van der Waals surface area (Å²) in [6, 6.07) is 0.822. The first kappa shape index (κ1) is 21.9. The zero-order valence-corrected chi connectivity index (χ0v) is 16.2. The molecule has 0 bridgehead atoms. The summed E-state index contributed by atoms with van der Waals surface area (Å²) in [7, 11) is 1.69. The average molecular weight is 401 g/mol. The van der Waals surface area contributed by atoms with Crippen LogP contribution < -0.4 is 0 Å². The van der Waals surface area contributed by atoms with Crippen LogP contribution >= 0.6 is 0 Å². The number of hydrazone groups is 1. The summed E-state index contributed by atoms with van der Waals surface area (Å²) in [4.78, 5) is 1.69. The minimum Gasteiger partial charge on any atom is -0.352 e. The normalized spacial score (nSPS) is 15.8. The van der Waals surface area contributed by atoms with Crippen molar-refractivity contribution in [2.24, 2.45) is 5.10 Å². The monoisotopic (exact) mass is 401 g/mol. The standard InChI is InChI=1S/C20H24F5N3/c1-5-13-7-8-28(19(6-2)27(4)26-3)12-16(13)20(24,25)11-15-17(22)9-14(21)10-18(15)23/h7-10,19H,3,5-6,11-12H2,1-2,4H3. The number of hydrogen-bond acceptors (Lipinski definition) is 3. The zero-order valence-electron chi connectivity index (χ0n) is 16.2. The second kappa shape index (κ2) is 8.75. The summed E-state index contributed by atoms with van der Waals surface area (Å²) in [5.41, 5.74) is -0.628. The lowest BCUT2D eigenvalue weighted by atomic mass is 9.92. The minimum atomic E-state index is -3.51. The average Bonchev–Trinajstić information content (AvgIpc) is 2.65. The molecule has 2 rings (SSSR count). The molecule has 0 spiro atoms. The Balaban J connectivity index is 2.37. The Morgan fingerprint density at radius 3 is 2.32 bits per heavy atom. The topological polar surface area (TPSA) is 18.8 Å². The summed E-state index contributed by atoms with van der Waals surface area (Å²) in [6.07, 6.45) is 2.77. The second-order valence-corrected chi connectivity index (χ2v) is 6.68. The second-order valence-electron chi connectivity index (χ2n) is 6.68. The third-order valence-corrected chi connectivity index (χ3v) is 4.92. The van der Waals surface area contributed by atoms with Gasteiger partial charge in [0, 0.05) is 56.2 Å². The lowest BCUT2D eigenvalue weighted by molar-refractivity contribution is 0.0228. The molecule has 0 radical (unpaired) electrons. The maximum atomic E-state index is 15.1. The van der Waals surface area contributed by atoms with Crippen molar-refractivity contribution in [3.63, 3.8) is 0 Å². The molecule has 8 heteroatoms. The predicted molar refractivity (Wildman–Crippen MR) is 99.5 cm³/mol. The molecule has 0 fully saturated rings. The van der Waals surface area contributed by atoms with Gasteiger partial charge in [-0.05, 0) is 24.5 Å². The van der Waals surface area contributed by atoms with E-state index in [-0.39, 0.29) is 18.3 Å². The fourth-order valence-corrected chi connectivity index (χ4v) is 3.39. The number of halogens is 5. The van der Waals surface area contributed by atoms with Crippen molar-refractivity contribution < 1.29 is 22.0 Å². The molecule has 0 amide bonds. The van der Waals surface area contributed by atoms with Crippen LogP contribution in [0.1, 0.15) is 32.3 Å². The van der Waals surface area contributed by atoms with Crippen molar-refractivity contribution in [2.75, 3.05) is 13.6 Å². The van der Waals surface area contributed by atoms with Crippen LogP contribution in [0.2, 0.25) is 0 Å². The SMILES string of the molecule is C=NN(C)C(CC)N1C=CC(CC)=C(C(F)(F)Cc2c(F)cc(F)cc2F)C1. The number of nitrogens with zero attached hydrogens (tertiary/aromatic N) is 3. The molecule has 1 atom stereocenters. The summed E-state index contributed by atoms with van der Waals surface area (Å²) in [5, 5.41) is 5.40. The highest BCUT2D eigenvalue weighted by Gasteiger charge is 2.40. The van der Waals surface area contributed by atoms with Gasteiger partial charge in [0.15, 0.2) is 0 Å². The fourth-order valence-electron chi connectivity index (χ4n) is 3.39. The molecule has 1 heterocycles.